The van der Waals surface area contributed by atoms with Crippen LogP contribution in [0.5, 0.6) is 0 Å². The maximum Gasteiger partial charge on any atom is 0.105 e. The van der Waals surface area contributed by atoms with Crippen molar-refractivity contribution >= 4 is 8.30 Å². The second-order valence-corrected chi connectivity index (χ2v) is 7.53. The minimum atomic E-state index is -0.770. The lowest BCUT2D eigenvalue weighted by atomic mass is 10.2. The van der Waals surface area contributed by atoms with Crippen LogP contribution in [-0.2, 0) is 14.0 Å². The lowest BCUT2D eigenvalue weighted by Gasteiger charge is -2.38. The van der Waals surface area contributed by atoms with Crippen LogP contribution < -0.4 is 0 Å². The van der Waals surface area contributed by atoms with Gasteiger partial charge in [-0.25, -0.2) is 0 Å². The van der Waals surface area contributed by atoms with E-state index in [0.29, 0.717) is 18.5 Å². The fraction of sp³-hybridized carbons (Fsp3) is 1.00. The largest absolute Gasteiger partial charge is 0.385 e. The molecule has 4 atom stereocenters. The van der Waals surface area contributed by atoms with Gasteiger partial charge in [0.05, 0.1) is 13.6 Å². The Labute approximate surface area is 128 Å². The van der Waals surface area contributed by atoms with Crippen LogP contribution in [0.2, 0.25) is 0 Å². The zero-order chi connectivity index (χ0) is 16.7. The maximum absolute atomic E-state index is 7.77. The third kappa shape index (κ3) is 5.57. The fourth-order valence-electron chi connectivity index (χ4n) is 2.46. The van der Waals surface area contributed by atoms with Gasteiger partial charge in [0.15, 0.2) is 0 Å². The van der Waals surface area contributed by atoms with E-state index in [1.54, 1.807) is 7.11 Å². The predicted octanol–water partition coefficient (Wildman–Crippen LogP) is 3.65. The molecule has 1 aliphatic rings. The monoisotopic (exact) mass is 308 g/mol. The molecule has 0 radical (unpaired) electrons. The van der Waals surface area contributed by atoms with Gasteiger partial charge in [-0.05, 0) is 47.4 Å². The highest BCUT2D eigenvalue weighted by atomic mass is 31.2. The van der Waals surface area contributed by atoms with Gasteiger partial charge in [0.1, 0.15) is 8.30 Å². The van der Waals surface area contributed by atoms with Gasteiger partial charge in [-0.2, -0.15) is 0 Å². The number of methoxy groups -OCH3 is 1. The van der Waals surface area contributed by atoms with Crippen molar-refractivity contribution in [3.05, 3.63) is 0 Å². The van der Waals surface area contributed by atoms with Crippen LogP contribution in [0.3, 0.4) is 0 Å². The summed E-state index contributed by atoms with van der Waals surface area (Å²) < 4.78 is 34.8. The van der Waals surface area contributed by atoms with Crippen molar-refractivity contribution in [3.63, 3.8) is 0 Å². The van der Waals surface area contributed by atoms with Crippen LogP contribution in [0.4, 0.5) is 0 Å². The van der Waals surface area contributed by atoms with E-state index in [-0.39, 0.29) is 19.1 Å². The summed E-state index contributed by atoms with van der Waals surface area (Å²) in [5, 5.41) is 0. The van der Waals surface area contributed by atoms with Crippen LogP contribution in [0.1, 0.15) is 50.2 Å². The SMILES string of the molecule is [2H]C[C@H]1O[C@@H]([3H])C[C@@H]1OP(CCCOC)N(C(C)C)C(C)C. The molecule has 0 spiro atoms. The first-order valence-electron chi connectivity index (χ1n) is 8.77. The van der Waals surface area contributed by atoms with Crippen molar-refractivity contribution in [2.45, 2.75) is 71.7 Å². The summed E-state index contributed by atoms with van der Waals surface area (Å²) in [6.45, 7) is 9.10. The normalized spacial score (nSPS) is 30.1. The van der Waals surface area contributed by atoms with E-state index in [9.17, 15) is 0 Å². The van der Waals surface area contributed by atoms with Gasteiger partial charge in [0.2, 0.25) is 0 Å². The fourth-order valence-corrected chi connectivity index (χ4v) is 4.87. The number of hydrogen-bond donors (Lipinski definition) is 0. The van der Waals surface area contributed by atoms with E-state index in [1.165, 1.54) is 0 Å². The van der Waals surface area contributed by atoms with Crippen molar-refractivity contribution in [2.24, 2.45) is 0 Å². The van der Waals surface area contributed by atoms with Crippen molar-refractivity contribution in [1.29, 1.82) is 0 Å². The van der Waals surface area contributed by atoms with Gasteiger partial charge in [-0.1, -0.05) is 0 Å². The van der Waals surface area contributed by atoms with Crippen LogP contribution in [-0.4, -0.2) is 55.4 Å². The maximum atomic E-state index is 7.77. The minimum Gasteiger partial charge on any atom is -0.385 e. The summed E-state index contributed by atoms with van der Waals surface area (Å²) >= 11 is 0. The molecule has 4 nitrogen and oxygen atoms in total. The van der Waals surface area contributed by atoms with E-state index in [0.717, 1.165) is 19.2 Å². The summed E-state index contributed by atoms with van der Waals surface area (Å²) in [6.07, 6.45) is 2.08. The van der Waals surface area contributed by atoms with Crippen molar-refractivity contribution in [1.82, 2.24) is 4.67 Å². The molecule has 0 aromatic rings. The Morgan fingerprint density at radius 1 is 1.45 bits per heavy atom. The zero-order valence-electron chi connectivity index (χ0n) is 15.5. The van der Waals surface area contributed by atoms with Crippen LogP contribution in [0, 0.1) is 0 Å². The van der Waals surface area contributed by atoms with Gasteiger partial charge in [0, 0.05) is 39.9 Å². The molecule has 0 N–H and O–H groups in total. The summed E-state index contributed by atoms with van der Waals surface area (Å²) in [5.41, 5.74) is 0. The molecule has 120 valence electrons. The van der Waals surface area contributed by atoms with Crippen molar-refractivity contribution < 1.29 is 16.7 Å². The van der Waals surface area contributed by atoms with Crippen LogP contribution in [0.15, 0.2) is 0 Å². The number of ether oxygens (including phenoxy) is 2. The van der Waals surface area contributed by atoms with E-state index in [4.69, 9.17) is 16.7 Å². The average Bonchev–Trinajstić information content (AvgIpc) is 2.78. The van der Waals surface area contributed by atoms with Crippen molar-refractivity contribution in [3.8, 4) is 0 Å². The third-order valence-corrected chi connectivity index (χ3v) is 5.94. The smallest absolute Gasteiger partial charge is 0.105 e. The van der Waals surface area contributed by atoms with E-state index < -0.39 is 14.9 Å². The lowest BCUT2D eigenvalue weighted by Crippen LogP contribution is -2.35. The summed E-state index contributed by atoms with van der Waals surface area (Å²) in [4.78, 5) is 0. The molecule has 1 saturated heterocycles. The molecule has 0 saturated carbocycles. The summed E-state index contributed by atoms with van der Waals surface area (Å²) in [5.74, 6) is 0. The van der Waals surface area contributed by atoms with Crippen molar-refractivity contribution in [2.75, 3.05) is 26.5 Å². The zero-order valence-corrected chi connectivity index (χ0v) is 14.4. The molecule has 0 amide bonds. The number of rotatable bonds is 9. The highest BCUT2D eigenvalue weighted by Crippen LogP contribution is 2.47. The average molecular weight is 308 g/mol. The molecule has 1 rings (SSSR count). The summed E-state index contributed by atoms with van der Waals surface area (Å²) in [7, 11) is 0.949. The summed E-state index contributed by atoms with van der Waals surface area (Å²) in [6, 6.07) is 0.800. The molecule has 1 fully saturated rings. The quantitative estimate of drug-likeness (QED) is 0.480. The van der Waals surface area contributed by atoms with E-state index >= 15 is 0 Å². The molecule has 20 heavy (non-hydrogen) atoms. The molecule has 1 unspecified atom stereocenters. The first kappa shape index (κ1) is 15.2. The topological polar surface area (TPSA) is 30.9 Å². The lowest BCUT2D eigenvalue weighted by molar-refractivity contribution is 0.0669. The Morgan fingerprint density at radius 2 is 2.15 bits per heavy atom. The second kappa shape index (κ2) is 9.32. The molecule has 0 aliphatic carbocycles. The highest BCUT2D eigenvalue weighted by Gasteiger charge is 2.32. The van der Waals surface area contributed by atoms with Gasteiger partial charge in [0.25, 0.3) is 0 Å². The molecule has 5 heteroatoms. The second-order valence-electron chi connectivity index (χ2n) is 5.71. The highest BCUT2D eigenvalue weighted by molar-refractivity contribution is 7.50. The molecule has 1 heterocycles. The molecular formula is C15H32NO3P. The van der Waals surface area contributed by atoms with Gasteiger partial charge < -0.3 is 14.0 Å². The predicted molar refractivity (Wildman–Crippen MR) is 85.3 cm³/mol. The van der Waals surface area contributed by atoms with Gasteiger partial charge >= 0.3 is 0 Å². The number of hydrogen-bond acceptors (Lipinski definition) is 4. The standard InChI is InChI=1S/C15H32NO3P/c1-12(2)16(13(3)4)20(11-7-9-17-6)19-15-8-10-18-14(15)5/h12-15H,7-11H2,1-6H3/t14-,15+,20?/m1/s1/i5D,10T/t10-,14+,15-,20?/m0. The molecular weight excluding hydrogens is 273 g/mol. The third-order valence-electron chi connectivity index (χ3n) is 3.28. The molecule has 0 aromatic heterocycles. The molecule has 1 aliphatic heterocycles. The molecule has 0 aromatic carbocycles. The molecule has 0 bridgehead atoms. The Morgan fingerprint density at radius 3 is 2.70 bits per heavy atom. The number of nitrogens with zero attached hydrogens (tertiary/aromatic N) is 1. The minimum absolute atomic E-state index is 0.131. The Bertz CT molecular complexity index is 303. The van der Waals surface area contributed by atoms with Gasteiger partial charge in [-0.3, -0.25) is 4.67 Å². The Kier molecular flexibility index (Phi) is 7.07. The Balaban J connectivity index is 2.75. The van der Waals surface area contributed by atoms with Crippen LogP contribution >= 0.6 is 8.30 Å². The first-order valence-corrected chi connectivity index (χ1v) is 8.88. The first-order chi connectivity index (χ1) is 10.4. The van der Waals surface area contributed by atoms with Gasteiger partial charge in [-0.15, -0.1) is 0 Å². The van der Waals surface area contributed by atoms with E-state index in [2.05, 4.69) is 32.4 Å². The Hall–Kier alpha value is 0.270. The van der Waals surface area contributed by atoms with Crippen LogP contribution in [0.25, 0.3) is 0 Å². The van der Waals surface area contributed by atoms with E-state index in [1.807, 2.05) is 0 Å².